The molecular weight excluding hydrogens is 1460 g/mol. The second kappa shape index (κ2) is 35.1. The quantitative estimate of drug-likeness (QED) is 0.0168. The summed E-state index contributed by atoms with van der Waals surface area (Å²) in [7, 11) is 0. The van der Waals surface area contributed by atoms with Crippen molar-refractivity contribution < 1.29 is 124 Å². The Kier molecular flexibility index (Phi) is 14.5. The zero-order chi connectivity index (χ0) is 110. The number of nitrogens with zero attached hydrogens (tertiary/aromatic N) is 15. The number of nitrogens with one attached hydrogen (secondary N) is 3. The predicted octanol–water partition coefficient (Wildman–Crippen LogP) is 6.55. The summed E-state index contributed by atoms with van der Waals surface area (Å²) in [5, 5.41) is 124. The van der Waals surface area contributed by atoms with Crippen molar-refractivity contribution in [2.75, 3.05) is 72.6 Å². The molecule has 6 heterocycles. The van der Waals surface area contributed by atoms with Gasteiger partial charge in [-0.05, 0) is 111 Å². The lowest BCUT2D eigenvalue weighted by Gasteiger charge is -2.17. The van der Waals surface area contributed by atoms with E-state index in [4.69, 9.17) is 60.6 Å². The fourth-order valence-electron chi connectivity index (χ4n) is 10.9. The molecule has 582 valence electrons. The molecule has 6 fully saturated rings. The molecule has 108 heavy (non-hydrogen) atoms. The van der Waals surface area contributed by atoms with E-state index in [1.165, 1.54) is 61.5 Å². The van der Waals surface area contributed by atoms with Crippen molar-refractivity contribution in [1.29, 1.82) is 0 Å². The van der Waals surface area contributed by atoms with Crippen molar-refractivity contribution in [2.45, 2.75) is 223 Å². The smallest absolute Gasteiger partial charge is 0.191 e. The van der Waals surface area contributed by atoms with E-state index in [0.29, 0.717) is 28.6 Å². The molecular formula is C72H93F3N18O12S3. The van der Waals surface area contributed by atoms with Crippen LogP contribution in [0.15, 0.2) is 70.0 Å². The highest BCUT2D eigenvalue weighted by molar-refractivity contribution is 7.99. The van der Waals surface area contributed by atoms with Crippen LogP contribution < -0.4 is 16.0 Å². The summed E-state index contributed by atoms with van der Waals surface area (Å²) in [6, 6.07) is -8.80. The molecule has 15 rings (SSSR count). The molecule has 0 radical (unpaired) electrons. The fourth-order valence-corrected chi connectivity index (χ4v) is 12.5. The molecule has 9 aromatic rings. The van der Waals surface area contributed by atoms with E-state index in [1.54, 1.807) is 0 Å². The summed E-state index contributed by atoms with van der Waals surface area (Å²) in [5.74, 6) is -8.45. The van der Waals surface area contributed by atoms with Crippen LogP contribution >= 0.6 is 35.3 Å². The number of halogens is 3. The van der Waals surface area contributed by atoms with E-state index in [2.05, 4.69) is 86.3 Å². The SMILES string of the molecule is [2H]C([2H])(C)C([2H])([2H])Sc1nc(N[C@]2([2H])C([2H])([2H])[C@@]2([2H])c2ccc(C)c(F)c2)c2nnn([C@]3([2H])C([2H])([2H])[C@]([2H])(OC([2H])([2H])C([2H])([2H])O)[C@@]([2H])(O)[C@@]3([2H])O)c2n1.[2H]C([2H])(CO)O[C@@]1([2H])C([2H])([2H])[C@@]([2H])(n2nnc3c(N[C@]4([2H])C([2H])([2H])[C@@]4([2H])c4ccc(C)c(F)c4)nc(SC([2H])([2H])C([2H])([2H])C)nc32)[C@]([2H])(O)[C@]1([2H])O.[2H]c1c([2H])c([C@@H]2C[C@H]2Nc2nc(SCCC)nc3c2nnn3[C@@H]2C[C@H](OCCO)[C@@H](O)[C@H]2O)c([2H])c(F)c1C. The zero-order valence-corrected chi connectivity index (χ0v) is 59.6. The molecule has 0 saturated heterocycles. The van der Waals surface area contributed by atoms with Gasteiger partial charge >= 0.3 is 0 Å². The average molecular weight is 1590 g/mol. The van der Waals surface area contributed by atoms with E-state index < -0.39 is 234 Å². The Morgan fingerprint density at radius 1 is 0.565 bits per heavy atom. The third kappa shape index (κ3) is 17.5. The van der Waals surface area contributed by atoms with E-state index in [-0.39, 0.29) is 116 Å². The number of anilines is 3. The molecule has 0 unspecified atom stereocenters. The van der Waals surface area contributed by atoms with Gasteiger partial charge in [-0.2, -0.15) is 0 Å². The van der Waals surface area contributed by atoms with Crippen LogP contribution in [-0.2, 0) is 14.2 Å². The van der Waals surface area contributed by atoms with Crippen LogP contribution in [0.4, 0.5) is 30.6 Å². The van der Waals surface area contributed by atoms with Gasteiger partial charge in [-0.3, -0.25) is 0 Å². The Bertz CT molecular complexity index is 6550. The standard InChI is InChI=1S/3C24H31FN6O4S/c3*1-3-8-36-24-27-22(26-16-10-14(16)13-5-4-12(2)15(25)9-13)19-23(28-24)31(30-29-19)17-11-18(35-7-6-32)21(34)20(17)33/h3*4-5,9,14,16-18,20-21,32-34H,3,6-8,10-11H2,1-2H3,(H,26,27,28)/t3*14-,16+,17+,18-,20-,21+/m000/s1/i3D2,6D2,7D2,8D2,10D2,11D2,14D,16D,17D,18D,20D,21D;3D2,7D2,8D2,10D2,11D2,14D,16D,17D,18D,20D,21D;4D,5D,9D. The van der Waals surface area contributed by atoms with Crippen molar-refractivity contribution in [1.82, 2.24) is 74.9 Å². The first-order valence-electron chi connectivity index (χ1n) is 51.0. The van der Waals surface area contributed by atoms with Crippen molar-refractivity contribution in [3.63, 3.8) is 0 Å². The van der Waals surface area contributed by atoms with Crippen LogP contribution in [0.3, 0.4) is 0 Å². The van der Waals surface area contributed by atoms with Crippen LogP contribution in [0.1, 0.15) is 198 Å². The first-order chi connectivity index (χ1) is 65.7. The molecule has 12 N–H and O–H groups in total. The van der Waals surface area contributed by atoms with Gasteiger partial charge in [0.05, 0.1) is 102 Å². The Hall–Kier alpha value is -7.14. The number of aliphatic hydroxyl groups excluding tert-OH is 4. The lowest BCUT2D eigenvalue weighted by Crippen LogP contribution is -2.33. The maximum atomic E-state index is 14.6. The number of hydrogen-bond donors (Lipinski definition) is 12. The maximum Gasteiger partial charge on any atom is 0.191 e. The van der Waals surface area contributed by atoms with Gasteiger partial charge in [0, 0.05) is 96.8 Å². The van der Waals surface area contributed by atoms with Crippen LogP contribution in [-0.4, -0.2) is 250 Å². The second-order valence-electron chi connectivity index (χ2n) is 23.8. The van der Waals surface area contributed by atoms with Crippen molar-refractivity contribution in [3.8, 4) is 0 Å². The van der Waals surface area contributed by atoms with Crippen molar-refractivity contribution >= 4 is 86.2 Å². The molecule has 0 bridgehead atoms. The number of ether oxygens (including phenoxy) is 3. The topological polar surface area (TPSA) is 415 Å². The first-order valence-corrected chi connectivity index (χ1v) is 35.1. The Balaban J connectivity index is 0.000000184. The Morgan fingerprint density at radius 3 is 1.56 bits per heavy atom. The number of benzene rings is 3. The molecule has 6 saturated carbocycles. The summed E-state index contributed by atoms with van der Waals surface area (Å²) in [6.07, 6.45) is -46.8. The van der Waals surface area contributed by atoms with Gasteiger partial charge in [-0.25, -0.2) is 57.1 Å². The van der Waals surface area contributed by atoms with Gasteiger partial charge in [0.15, 0.2) is 66.4 Å². The fraction of sp³-hybridized carbons (Fsp3) is 0.583. The predicted molar refractivity (Wildman–Crippen MR) is 398 cm³/mol. The summed E-state index contributed by atoms with van der Waals surface area (Å²) in [6.45, 7) is -5.50. The molecule has 36 heteroatoms. The number of aliphatic hydroxyl groups is 9. The number of aromatic nitrogens is 15. The van der Waals surface area contributed by atoms with Crippen LogP contribution in [0.5, 0.6) is 0 Å². The van der Waals surface area contributed by atoms with E-state index >= 15 is 0 Å². The highest BCUT2D eigenvalue weighted by Crippen LogP contribution is 2.48. The number of rotatable bonds is 30. The number of hydrogen-bond acceptors (Lipinski definition) is 30. The minimum absolute atomic E-state index is 0.00570. The third-order valence-electron chi connectivity index (χ3n) is 16.5. The average Bonchev–Trinajstić information content (AvgIpc) is 1.49. The van der Waals surface area contributed by atoms with E-state index in [1.807, 2.05) is 6.92 Å². The molecule has 6 aliphatic carbocycles. The van der Waals surface area contributed by atoms with Crippen LogP contribution in [0.2, 0.25) is 0 Å². The first kappa shape index (κ1) is 44.8. The zero-order valence-electron chi connectivity index (χ0n) is 94.2. The third-order valence-corrected chi connectivity index (χ3v) is 18.9. The maximum absolute atomic E-state index is 14.6. The number of aryl methyl sites for hydroxylation is 2. The number of thioether (sulfide) groups is 3. The molecule has 0 amide bonds. The highest BCUT2D eigenvalue weighted by Gasteiger charge is 2.49. The van der Waals surface area contributed by atoms with Crippen molar-refractivity contribution in [3.05, 3.63) is 105 Å². The molecule has 6 aromatic heterocycles. The number of fused-ring (bicyclic) bond motifs is 3. The molecule has 3 aromatic carbocycles. The van der Waals surface area contributed by atoms with Gasteiger partial charge in [0.1, 0.15) is 54.0 Å². The monoisotopic (exact) mass is 1590 g/mol. The van der Waals surface area contributed by atoms with Crippen LogP contribution in [0, 0.1) is 38.2 Å². The second-order valence-corrected chi connectivity index (χ2v) is 26.4. The van der Waals surface area contributed by atoms with Gasteiger partial charge in [-0.15, -0.1) is 15.3 Å². The lowest BCUT2D eigenvalue weighted by molar-refractivity contribution is -0.0629. The summed E-state index contributed by atoms with van der Waals surface area (Å²) < 4.78 is 368. The summed E-state index contributed by atoms with van der Waals surface area (Å²) >= 11 is 1.36. The van der Waals surface area contributed by atoms with Crippen molar-refractivity contribution in [2.24, 2.45) is 0 Å². The lowest BCUT2D eigenvalue weighted by atomic mass is 10.1. The van der Waals surface area contributed by atoms with Gasteiger partial charge in [0.25, 0.3) is 0 Å². The van der Waals surface area contributed by atoms with Gasteiger partial charge in [-0.1, -0.05) is 108 Å². The van der Waals surface area contributed by atoms with E-state index in [9.17, 15) is 54.0 Å². The van der Waals surface area contributed by atoms with Crippen LogP contribution in [0.25, 0.3) is 33.5 Å². The Labute approximate surface area is 685 Å². The van der Waals surface area contributed by atoms with E-state index in [0.717, 1.165) is 38.2 Å². The largest absolute Gasteiger partial charge is 0.394 e. The molecule has 0 aliphatic heterocycles. The van der Waals surface area contributed by atoms with Gasteiger partial charge in [0.2, 0.25) is 0 Å². The minimum atomic E-state index is -4.48. The highest BCUT2D eigenvalue weighted by atomic mass is 32.2. The van der Waals surface area contributed by atoms with Gasteiger partial charge < -0.3 is 76.1 Å². The minimum Gasteiger partial charge on any atom is -0.394 e. The molecule has 18 atom stereocenters. The normalized spacial score (nSPS) is 43.6. The Morgan fingerprint density at radius 2 is 1.06 bits per heavy atom. The molecule has 6 aliphatic rings. The summed E-state index contributed by atoms with van der Waals surface area (Å²) in [5.41, 5.74) is -8.87. The molecule has 30 nitrogen and oxygen atoms in total. The molecule has 0 spiro atoms. The summed E-state index contributed by atoms with van der Waals surface area (Å²) in [4.78, 5) is 25.1.